The molecule has 1 aromatic carbocycles. The van der Waals surface area contributed by atoms with E-state index in [1.165, 1.54) is 5.56 Å². The summed E-state index contributed by atoms with van der Waals surface area (Å²) in [5, 5.41) is 2.87. The van der Waals surface area contributed by atoms with Gasteiger partial charge >= 0.3 is 0 Å². The van der Waals surface area contributed by atoms with Crippen molar-refractivity contribution in [3.63, 3.8) is 0 Å². The third-order valence-electron chi connectivity index (χ3n) is 4.58. The number of hydrogen-bond donors (Lipinski definition) is 2. The van der Waals surface area contributed by atoms with Crippen LogP contribution in [-0.4, -0.2) is 47.0 Å². The average Bonchev–Trinajstić information content (AvgIpc) is 2.96. The molecular weight excluding hydrogens is 288 g/mol. The molecule has 0 spiro atoms. The molecule has 1 aromatic heterocycles. The van der Waals surface area contributed by atoms with E-state index in [0.29, 0.717) is 18.9 Å². The number of aromatic nitrogens is 2. The molecule has 5 nitrogen and oxygen atoms in total. The fraction of sp³-hybridized carbons (Fsp3) is 0.556. The number of carbonyl (C=O) groups excluding carboxylic acids is 1. The Balaban J connectivity index is 1.64. The van der Waals surface area contributed by atoms with Gasteiger partial charge in [0.2, 0.25) is 5.91 Å². The van der Waals surface area contributed by atoms with Gasteiger partial charge in [0.05, 0.1) is 11.0 Å². The summed E-state index contributed by atoms with van der Waals surface area (Å²) < 4.78 is 0. The number of aromatic amines is 1. The van der Waals surface area contributed by atoms with Gasteiger partial charge in [-0.05, 0) is 50.9 Å². The fourth-order valence-electron chi connectivity index (χ4n) is 3.36. The Kier molecular flexibility index (Phi) is 4.96. The quantitative estimate of drug-likeness (QED) is 0.892. The van der Waals surface area contributed by atoms with Crippen LogP contribution in [-0.2, 0) is 4.79 Å². The summed E-state index contributed by atoms with van der Waals surface area (Å²) in [4.78, 5) is 22.3. The summed E-state index contributed by atoms with van der Waals surface area (Å²) in [5.74, 6) is 1.67. The molecule has 2 aromatic rings. The number of rotatable bonds is 5. The fourth-order valence-corrected chi connectivity index (χ4v) is 3.36. The second-order valence-electron chi connectivity index (χ2n) is 6.49. The molecule has 0 radical (unpaired) electrons. The lowest BCUT2D eigenvalue weighted by Crippen LogP contribution is -2.37. The molecule has 0 unspecified atom stereocenters. The van der Waals surface area contributed by atoms with Crippen LogP contribution in [0.1, 0.15) is 43.5 Å². The van der Waals surface area contributed by atoms with Gasteiger partial charge in [0.1, 0.15) is 5.82 Å². The molecule has 1 amide bonds. The number of fused-ring (bicyclic) bond motifs is 1. The van der Waals surface area contributed by atoms with Crippen LogP contribution < -0.4 is 5.32 Å². The summed E-state index contributed by atoms with van der Waals surface area (Å²) in [6.07, 6.45) is 2.91. The highest BCUT2D eigenvalue weighted by Gasteiger charge is 2.24. The van der Waals surface area contributed by atoms with E-state index in [0.717, 1.165) is 49.3 Å². The molecule has 0 bridgehead atoms. The van der Waals surface area contributed by atoms with E-state index < -0.39 is 0 Å². The first kappa shape index (κ1) is 16.0. The van der Waals surface area contributed by atoms with Gasteiger partial charge in [-0.3, -0.25) is 4.79 Å². The van der Waals surface area contributed by atoms with Crippen LogP contribution in [0.5, 0.6) is 0 Å². The van der Waals surface area contributed by atoms with Crippen LogP contribution in [0.2, 0.25) is 0 Å². The van der Waals surface area contributed by atoms with Crippen molar-refractivity contribution in [3.05, 3.63) is 29.6 Å². The van der Waals surface area contributed by atoms with E-state index in [9.17, 15) is 4.79 Å². The molecule has 5 heteroatoms. The first-order valence-corrected chi connectivity index (χ1v) is 8.61. The predicted octanol–water partition coefficient (Wildman–Crippen LogP) is 2.58. The SMILES string of the molecule is CCNC(=O)CCN1CCC[C@H](c2nc3ccc(C)cc3[nH]2)C1. The van der Waals surface area contributed by atoms with E-state index in [-0.39, 0.29) is 5.91 Å². The highest BCUT2D eigenvalue weighted by Crippen LogP contribution is 2.27. The molecular formula is C18H26N4O. The summed E-state index contributed by atoms with van der Waals surface area (Å²) in [7, 11) is 0. The Morgan fingerprint density at radius 1 is 1.48 bits per heavy atom. The maximum atomic E-state index is 11.6. The number of nitrogens with one attached hydrogen (secondary N) is 2. The van der Waals surface area contributed by atoms with Gasteiger partial charge in [-0.15, -0.1) is 0 Å². The highest BCUT2D eigenvalue weighted by molar-refractivity contribution is 5.76. The van der Waals surface area contributed by atoms with Gasteiger partial charge in [0.25, 0.3) is 0 Å². The van der Waals surface area contributed by atoms with Gasteiger partial charge < -0.3 is 15.2 Å². The van der Waals surface area contributed by atoms with Crippen LogP contribution in [0.25, 0.3) is 11.0 Å². The summed E-state index contributed by atoms with van der Waals surface area (Å²) >= 11 is 0. The minimum atomic E-state index is 0.147. The lowest BCUT2D eigenvalue weighted by molar-refractivity contribution is -0.121. The molecule has 3 rings (SSSR count). The number of hydrogen-bond acceptors (Lipinski definition) is 3. The minimum Gasteiger partial charge on any atom is -0.356 e. The topological polar surface area (TPSA) is 61.0 Å². The number of benzene rings is 1. The number of likely N-dealkylation sites (tertiary alicyclic amines) is 1. The average molecular weight is 314 g/mol. The molecule has 23 heavy (non-hydrogen) atoms. The van der Waals surface area contributed by atoms with E-state index in [1.807, 2.05) is 6.92 Å². The second kappa shape index (κ2) is 7.13. The Morgan fingerprint density at radius 2 is 2.35 bits per heavy atom. The standard InChI is InChI=1S/C18H26N4O/c1-3-19-17(23)8-10-22-9-4-5-14(12-22)18-20-15-7-6-13(2)11-16(15)21-18/h6-7,11,14H,3-5,8-10,12H2,1-2H3,(H,19,23)(H,20,21)/t14-/m0/s1. The Labute approximate surface area is 137 Å². The normalized spacial score (nSPS) is 19.1. The van der Waals surface area contributed by atoms with Crippen LogP contribution in [0.3, 0.4) is 0 Å². The molecule has 2 heterocycles. The van der Waals surface area contributed by atoms with Crippen molar-refractivity contribution in [1.82, 2.24) is 20.2 Å². The Hall–Kier alpha value is -1.88. The zero-order valence-electron chi connectivity index (χ0n) is 14.1. The number of carbonyl (C=O) groups is 1. The van der Waals surface area contributed by atoms with Crippen molar-refractivity contribution in [3.8, 4) is 0 Å². The summed E-state index contributed by atoms with van der Waals surface area (Å²) in [6.45, 7) is 7.66. The van der Waals surface area contributed by atoms with Crippen molar-refractivity contribution < 1.29 is 4.79 Å². The highest BCUT2D eigenvalue weighted by atomic mass is 16.1. The number of nitrogens with zero attached hydrogens (tertiary/aromatic N) is 2. The molecule has 1 saturated heterocycles. The number of piperidine rings is 1. The number of aryl methyl sites for hydroxylation is 1. The lowest BCUT2D eigenvalue weighted by atomic mass is 9.97. The van der Waals surface area contributed by atoms with Gasteiger partial charge in [-0.2, -0.15) is 0 Å². The number of H-pyrrole nitrogens is 1. The molecule has 2 N–H and O–H groups in total. The Morgan fingerprint density at radius 3 is 3.17 bits per heavy atom. The van der Waals surface area contributed by atoms with E-state index in [2.05, 4.69) is 40.3 Å². The molecule has 1 aliphatic heterocycles. The molecule has 0 saturated carbocycles. The van der Waals surface area contributed by atoms with Gasteiger partial charge in [-0.25, -0.2) is 4.98 Å². The predicted molar refractivity (Wildman–Crippen MR) is 92.5 cm³/mol. The van der Waals surface area contributed by atoms with Crippen molar-refractivity contribution in [2.24, 2.45) is 0 Å². The van der Waals surface area contributed by atoms with E-state index in [1.54, 1.807) is 0 Å². The van der Waals surface area contributed by atoms with Crippen LogP contribution in [0.4, 0.5) is 0 Å². The van der Waals surface area contributed by atoms with Gasteiger partial charge in [-0.1, -0.05) is 6.07 Å². The van der Waals surface area contributed by atoms with Crippen LogP contribution in [0.15, 0.2) is 18.2 Å². The second-order valence-corrected chi connectivity index (χ2v) is 6.49. The summed E-state index contributed by atoms with van der Waals surface area (Å²) in [6, 6.07) is 6.34. The summed E-state index contributed by atoms with van der Waals surface area (Å²) in [5.41, 5.74) is 3.42. The van der Waals surface area contributed by atoms with Gasteiger partial charge in [0.15, 0.2) is 0 Å². The first-order valence-electron chi connectivity index (χ1n) is 8.61. The smallest absolute Gasteiger partial charge is 0.221 e. The molecule has 124 valence electrons. The molecule has 1 fully saturated rings. The first-order chi connectivity index (χ1) is 11.2. The van der Waals surface area contributed by atoms with Gasteiger partial charge in [0, 0.05) is 32.0 Å². The van der Waals surface area contributed by atoms with Crippen molar-refractivity contribution in [1.29, 1.82) is 0 Å². The van der Waals surface area contributed by atoms with Crippen molar-refractivity contribution >= 4 is 16.9 Å². The lowest BCUT2D eigenvalue weighted by Gasteiger charge is -2.31. The Bertz CT molecular complexity index is 679. The molecule has 0 aliphatic carbocycles. The maximum absolute atomic E-state index is 11.6. The van der Waals surface area contributed by atoms with Crippen molar-refractivity contribution in [2.45, 2.75) is 39.0 Å². The third-order valence-corrected chi connectivity index (χ3v) is 4.58. The third kappa shape index (κ3) is 3.91. The van der Waals surface area contributed by atoms with Crippen molar-refractivity contribution in [2.75, 3.05) is 26.2 Å². The monoisotopic (exact) mass is 314 g/mol. The molecule has 1 aliphatic rings. The van der Waals surface area contributed by atoms with Crippen LogP contribution >= 0.6 is 0 Å². The number of amides is 1. The zero-order valence-corrected chi connectivity index (χ0v) is 14.1. The van der Waals surface area contributed by atoms with E-state index in [4.69, 9.17) is 4.98 Å². The largest absolute Gasteiger partial charge is 0.356 e. The molecule has 1 atom stereocenters. The minimum absolute atomic E-state index is 0.147. The number of imidazole rings is 1. The van der Waals surface area contributed by atoms with Crippen LogP contribution in [0, 0.1) is 6.92 Å². The maximum Gasteiger partial charge on any atom is 0.221 e. The van der Waals surface area contributed by atoms with E-state index >= 15 is 0 Å². The zero-order chi connectivity index (χ0) is 16.2.